The number of allylic oxidation sites excluding steroid dienone is 3. The van der Waals surface area contributed by atoms with Crippen LogP contribution in [0.5, 0.6) is 0 Å². The number of carboxylic acid groups (broad SMARTS) is 1. The number of carboxylic acids is 1. The van der Waals surface area contributed by atoms with Crippen LogP contribution in [0.15, 0.2) is 36.5 Å². The summed E-state index contributed by atoms with van der Waals surface area (Å²) in [5.74, 6) is -1.46. The van der Waals surface area contributed by atoms with Crippen LogP contribution in [0.1, 0.15) is 13.8 Å². The summed E-state index contributed by atoms with van der Waals surface area (Å²) in [6.45, 7) is 7.31. The molecule has 0 amide bonds. The molecule has 1 aliphatic rings. The Morgan fingerprint density at radius 3 is 2.40 bits per heavy atom. The van der Waals surface area contributed by atoms with E-state index in [9.17, 15) is 20.1 Å². The lowest BCUT2D eigenvalue weighted by atomic mass is 9.98. The Balaban J connectivity index is 3.11. The lowest BCUT2D eigenvalue weighted by molar-refractivity contribution is -0.302. The summed E-state index contributed by atoms with van der Waals surface area (Å²) in [6.07, 6.45) is -1.96. The maximum absolute atomic E-state index is 11.2. The average Bonchev–Trinajstić information content (AvgIpc) is 2.58. The zero-order valence-corrected chi connectivity index (χ0v) is 14.6. The number of aliphatic hydroxyl groups is 3. The van der Waals surface area contributed by atoms with Crippen molar-refractivity contribution in [3.8, 4) is 0 Å². The van der Waals surface area contributed by atoms with E-state index in [1.54, 1.807) is 31.4 Å². The van der Waals surface area contributed by atoms with Gasteiger partial charge in [-0.15, -0.1) is 0 Å². The Kier molecular flexibility index (Phi) is 8.43. The zero-order valence-electron chi connectivity index (χ0n) is 14.6. The molecule has 1 heterocycles. The minimum atomic E-state index is -1.76. The predicted molar refractivity (Wildman–Crippen MR) is 90.8 cm³/mol. The number of carbonyl (C=O) groups is 1. The number of hydrogen-bond acceptors (Lipinski definition) is 7. The average molecular weight is 357 g/mol. The number of ether oxygens (including phenoxy) is 2. The number of aliphatic carboxylic acids is 1. The van der Waals surface area contributed by atoms with Gasteiger partial charge in [-0.05, 0) is 26.5 Å². The van der Waals surface area contributed by atoms with E-state index >= 15 is 0 Å². The molecule has 7 atom stereocenters. The molecule has 5 N–H and O–H groups in total. The van der Waals surface area contributed by atoms with E-state index in [4.69, 9.17) is 14.6 Å². The standard InChI is InChI=1S/C17H27NO7/c1-5-7-10(8-6-2)14(9(3)18-4)24-17-13(21)11(19)12(20)15(25-17)16(22)23/h5-9,11-15,17-21H,1H2,2-4H3,(H,22,23)/b8-6-,10-7+. The molecule has 0 saturated carbocycles. The fraction of sp³-hybridized carbons (Fsp3) is 0.588. The summed E-state index contributed by atoms with van der Waals surface area (Å²) in [5, 5.41) is 41.9. The van der Waals surface area contributed by atoms with Gasteiger partial charge in [0.15, 0.2) is 12.4 Å². The predicted octanol–water partition coefficient (Wildman–Crippen LogP) is -0.440. The van der Waals surface area contributed by atoms with Gasteiger partial charge in [-0.1, -0.05) is 30.9 Å². The van der Waals surface area contributed by atoms with Crippen LogP contribution < -0.4 is 5.32 Å². The lowest BCUT2D eigenvalue weighted by Gasteiger charge is -2.40. The normalized spacial score (nSPS) is 33.2. The van der Waals surface area contributed by atoms with E-state index in [0.29, 0.717) is 5.57 Å². The van der Waals surface area contributed by atoms with Gasteiger partial charge in [-0.25, -0.2) is 4.79 Å². The van der Waals surface area contributed by atoms with Gasteiger partial charge in [0, 0.05) is 6.04 Å². The Morgan fingerprint density at radius 1 is 1.28 bits per heavy atom. The van der Waals surface area contributed by atoms with Crippen molar-refractivity contribution in [1.29, 1.82) is 0 Å². The van der Waals surface area contributed by atoms with Crippen LogP contribution >= 0.6 is 0 Å². The van der Waals surface area contributed by atoms with Gasteiger partial charge in [0.05, 0.1) is 0 Å². The first-order chi connectivity index (χ1) is 11.8. The summed E-state index contributed by atoms with van der Waals surface area (Å²) in [4.78, 5) is 11.2. The molecule has 0 aromatic heterocycles. The second-order valence-corrected chi connectivity index (χ2v) is 5.77. The summed E-state index contributed by atoms with van der Waals surface area (Å²) >= 11 is 0. The summed E-state index contributed by atoms with van der Waals surface area (Å²) in [6, 6.07) is -0.231. The van der Waals surface area contributed by atoms with Gasteiger partial charge in [-0.2, -0.15) is 0 Å². The molecule has 1 aliphatic heterocycles. The van der Waals surface area contributed by atoms with Gasteiger partial charge < -0.3 is 35.2 Å². The van der Waals surface area contributed by atoms with Crippen LogP contribution in [-0.2, 0) is 14.3 Å². The fourth-order valence-electron chi connectivity index (χ4n) is 2.52. The molecule has 0 radical (unpaired) electrons. The van der Waals surface area contributed by atoms with Crippen molar-refractivity contribution >= 4 is 5.97 Å². The first kappa shape index (κ1) is 21.5. The van der Waals surface area contributed by atoms with Crippen LogP contribution in [0.25, 0.3) is 0 Å². The summed E-state index contributed by atoms with van der Waals surface area (Å²) in [7, 11) is 1.72. The maximum atomic E-state index is 11.2. The van der Waals surface area contributed by atoms with Crippen LogP contribution in [0.3, 0.4) is 0 Å². The minimum absolute atomic E-state index is 0.231. The van der Waals surface area contributed by atoms with Crippen molar-refractivity contribution in [3.63, 3.8) is 0 Å². The highest BCUT2D eigenvalue weighted by molar-refractivity contribution is 5.73. The first-order valence-corrected chi connectivity index (χ1v) is 7.98. The molecule has 8 heteroatoms. The highest BCUT2D eigenvalue weighted by Gasteiger charge is 2.48. The van der Waals surface area contributed by atoms with Gasteiger partial charge >= 0.3 is 5.97 Å². The molecule has 1 rings (SSSR count). The highest BCUT2D eigenvalue weighted by atomic mass is 16.7. The smallest absolute Gasteiger partial charge is 0.335 e. The Labute approximate surface area is 147 Å². The van der Waals surface area contributed by atoms with Crippen LogP contribution in [0.4, 0.5) is 0 Å². The lowest BCUT2D eigenvalue weighted by Crippen LogP contribution is -2.61. The highest BCUT2D eigenvalue weighted by Crippen LogP contribution is 2.26. The van der Waals surface area contributed by atoms with Crippen LogP contribution in [-0.4, -0.2) is 76.3 Å². The third-order valence-corrected chi connectivity index (χ3v) is 4.00. The second-order valence-electron chi connectivity index (χ2n) is 5.77. The van der Waals surface area contributed by atoms with Crippen molar-refractivity contribution in [1.82, 2.24) is 5.32 Å². The Bertz CT molecular complexity index is 519. The number of hydrogen-bond donors (Lipinski definition) is 5. The molecule has 0 aliphatic carbocycles. The monoisotopic (exact) mass is 357 g/mol. The quantitative estimate of drug-likeness (QED) is 0.370. The largest absolute Gasteiger partial charge is 0.479 e. The molecule has 0 aromatic rings. The van der Waals surface area contributed by atoms with Gasteiger partial charge in [0.25, 0.3) is 0 Å². The zero-order chi connectivity index (χ0) is 19.1. The Morgan fingerprint density at radius 2 is 1.92 bits per heavy atom. The van der Waals surface area contributed by atoms with Gasteiger partial charge in [-0.3, -0.25) is 0 Å². The van der Waals surface area contributed by atoms with E-state index in [0.717, 1.165) is 0 Å². The molecular weight excluding hydrogens is 330 g/mol. The topological polar surface area (TPSA) is 128 Å². The van der Waals surface area contributed by atoms with Gasteiger partial charge in [0.1, 0.15) is 24.4 Å². The van der Waals surface area contributed by atoms with Crippen LogP contribution in [0.2, 0.25) is 0 Å². The van der Waals surface area contributed by atoms with Crippen LogP contribution in [0, 0.1) is 0 Å². The molecule has 8 nitrogen and oxygen atoms in total. The van der Waals surface area contributed by atoms with Crippen molar-refractivity contribution in [2.45, 2.75) is 56.7 Å². The maximum Gasteiger partial charge on any atom is 0.335 e. The number of nitrogens with one attached hydrogen (secondary N) is 1. The molecule has 1 fully saturated rings. The Hall–Kier alpha value is -1.55. The molecule has 0 bridgehead atoms. The summed E-state index contributed by atoms with van der Waals surface area (Å²) < 4.78 is 11.0. The second kappa shape index (κ2) is 9.81. The molecule has 142 valence electrons. The van der Waals surface area contributed by atoms with Crippen molar-refractivity contribution in [2.75, 3.05) is 7.05 Å². The molecule has 0 spiro atoms. The molecule has 7 unspecified atom stereocenters. The van der Waals surface area contributed by atoms with E-state index in [-0.39, 0.29) is 6.04 Å². The van der Waals surface area contributed by atoms with E-state index < -0.39 is 42.8 Å². The summed E-state index contributed by atoms with van der Waals surface area (Å²) in [5.41, 5.74) is 0.711. The SMILES string of the molecule is C=C/C=C(\C=C/C)C(OC1OC(C(=O)O)C(O)C(O)C1O)C(C)NC. The number of likely N-dealkylation sites (N-methyl/N-ethyl adjacent to an activating group) is 1. The first-order valence-electron chi connectivity index (χ1n) is 7.98. The van der Waals surface area contributed by atoms with Crippen molar-refractivity contribution < 1.29 is 34.7 Å². The molecule has 1 saturated heterocycles. The van der Waals surface area contributed by atoms with Crippen molar-refractivity contribution in [3.05, 3.63) is 36.5 Å². The molecular formula is C17H27NO7. The fourth-order valence-corrected chi connectivity index (χ4v) is 2.52. The number of rotatable bonds is 8. The van der Waals surface area contributed by atoms with Crippen molar-refractivity contribution in [2.24, 2.45) is 0 Å². The third-order valence-electron chi connectivity index (χ3n) is 4.00. The van der Waals surface area contributed by atoms with E-state index in [2.05, 4.69) is 11.9 Å². The molecule has 0 aromatic carbocycles. The van der Waals surface area contributed by atoms with E-state index in [1.807, 2.05) is 13.8 Å². The van der Waals surface area contributed by atoms with Gasteiger partial charge in [0.2, 0.25) is 0 Å². The minimum Gasteiger partial charge on any atom is -0.479 e. The molecule has 25 heavy (non-hydrogen) atoms. The number of aliphatic hydroxyl groups excluding tert-OH is 3. The van der Waals surface area contributed by atoms with E-state index in [1.165, 1.54) is 0 Å². The third kappa shape index (κ3) is 5.21.